The maximum absolute atomic E-state index is 3.76. The molecule has 0 N–H and O–H groups in total. The summed E-state index contributed by atoms with van der Waals surface area (Å²) < 4.78 is 0. The summed E-state index contributed by atoms with van der Waals surface area (Å²) in [6, 6.07) is 116. The van der Waals surface area contributed by atoms with Crippen molar-refractivity contribution in [2.24, 2.45) is 0 Å². The van der Waals surface area contributed by atoms with E-state index in [0.717, 1.165) is 0 Å². The molecule has 0 aliphatic carbocycles. The molecule has 0 amide bonds. The van der Waals surface area contributed by atoms with Gasteiger partial charge in [-0.25, -0.2) is 0 Å². The molecule has 0 unspecified atom stereocenters. The van der Waals surface area contributed by atoms with Crippen LogP contribution in [0.2, 0.25) is 0 Å². The van der Waals surface area contributed by atoms with E-state index in [1.165, 1.54) is 143 Å². The molecule has 0 saturated heterocycles. The van der Waals surface area contributed by atoms with Crippen LogP contribution in [0, 0.1) is 27.7 Å². The summed E-state index contributed by atoms with van der Waals surface area (Å²) in [5, 5.41) is 5.38. The zero-order valence-corrected chi connectivity index (χ0v) is 53.4. The molecule has 0 nitrogen and oxygen atoms in total. The molecule has 0 atom stereocenters. The summed E-state index contributed by atoms with van der Waals surface area (Å²) in [6.07, 6.45) is 0. The van der Waals surface area contributed by atoms with E-state index in [9.17, 15) is 0 Å². The molecule has 0 aliphatic rings. The fourth-order valence-corrected chi connectivity index (χ4v) is 18.6. The molecule has 0 bridgehead atoms. The summed E-state index contributed by atoms with van der Waals surface area (Å²) in [6.45, 7) is 9.56. The third-order valence-corrected chi connectivity index (χ3v) is 22.2. The predicted molar refractivity (Wildman–Crippen MR) is 354 cm³/mol. The molecule has 0 aliphatic heterocycles. The normalized spacial score (nSPS) is 10.9. The van der Waals surface area contributed by atoms with Gasteiger partial charge in [-0.15, -0.1) is 0 Å². The van der Waals surface area contributed by atoms with Crippen molar-refractivity contribution in [3.8, 4) is 100 Å². The number of rotatable bonds is 13. The monoisotopic (exact) mass is 1220 g/mol. The fraction of sp³-hybridized carbons (Fsp3) is 0.0494. The van der Waals surface area contributed by atoms with Gasteiger partial charge < -0.3 is 37.2 Å². The Balaban J connectivity index is 0.00000221. The van der Waals surface area contributed by atoms with Gasteiger partial charge >= 0.3 is 21.7 Å². The number of benzene rings is 12. The average molecular weight is 1220 g/mol. The van der Waals surface area contributed by atoms with Crippen LogP contribution in [0.5, 0.6) is 0 Å². The first-order valence-electron chi connectivity index (χ1n) is 28.7. The van der Waals surface area contributed by atoms with Gasteiger partial charge in [0.25, 0.3) is 0 Å². The second kappa shape index (κ2) is 27.4. The van der Waals surface area contributed by atoms with Gasteiger partial charge in [0, 0.05) is 0 Å². The van der Waals surface area contributed by atoms with Gasteiger partial charge in [0.05, 0.1) is 0 Å². The molecule has 0 saturated carbocycles. The number of hydrogen-bond acceptors (Lipinski definition) is 0. The minimum atomic E-state index is -3.76. The van der Waals surface area contributed by atoms with Crippen LogP contribution in [0.1, 0.15) is 22.3 Å². The molecule has 0 radical (unpaired) electrons. The SMILES string of the molecule is Cc1c(C)c([Si](c2cc(-c3ccccc3)c(-c3ccccc3)c(-c3ccccc3)c2)(c2cc(-c3ccccc3)c(-c3ccccc3)c(-c3ccccc3)c2)c2cc(-c3ccccc3)c(-c3ccccc3)c(-c3ccccc3)c2)[c-](C)c1C.[Cl-].[Cl-].[Cl-].[Ti+4]. The van der Waals surface area contributed by atoms with Gasteiger partial charge in [0.1, 0.15) is 0 Å². The van der Waals surface area contributed by atoms with Crippen molar-refractivity contribution in [3.05, 3.63) is 332 Å². The number of halogens is 3. The van der Waals surface area contributed by atoms with E-state index >= 15 is 0 Å². The predicted octanol–water partition coefficient (Wildman–Crippen LogP) is 10.0. The van der Waals surface area contributed by atoms with E-state index in [0.29, 0.717) is 0 Å². The average Bonchev–Trinajstić information content (AvgIpc) is 2.15. The van der Waals surface area contributed by atoms with Gasteiger partial charge in [-0.2, -0.15) is 27.4 Å². The molecule has 0 spiro atoms. The maximum atomic E-state index is 2.64. The quantitative estimate of drug-likeness (QED) is 0.0614. The van der Waals surface area contributed by atoms with E-state index in [4.69, 9.17) is 0 Å². The van der Waals surface area contributed by atoms with Crippen molar-refractivity contribution in [3.63, 3.8) is 0 Å². The number of hydrogen-bond donors (Lipinski definition) is 0. The van der Waals surface area contributed by atoms with Crippen LogP contribution in [0.25, 0.3) is 100 Å². The van der Waals surface area contributed by atoms with Gasteiger partial charge in [-0.1, -0.05) is 337 Å². The second-order valence-electron chi connectivity index (χ2n) is 21.8. The Morgan fingerprint density at radius 2 is 0.419 bits per heavy atom. The van der Waals surface area contributed by atoms with E-state index in [1.807, 2.05) is 0 Å². The maximum Gasteiger partial charge on any atom is 4.00 e. The Labute approximate surface area is 542 Å². The molecular formula is C81H63Cl3SiTi. The Bertz CT molecular complexity index is 3750. The molecule has 13 aromatic rings. The van der Waals surface area contributed by atoms with Crippen LogP contribution in [0.3, 0.4) is 0 Å². The minimum absolute atomic E-state index is 0. The van der Waals surface area contributed by atoms with Gasteiger partial charge in [0.2, 0.25) is 0 Å². The second-order valence-corrected chi connectivity index (χ2v) is 25.5. The zero-order valence-electron chi connectivity index (χ0n) is 48.6. The van der Waals surface area contributed by atoms with E-state index in [1.54, 1.807) is 0 Å². The molecule has 13 rings (SSSR count). The van der Waals surface area contributed by atoms with Crippen molar-refractivity contribution in [2.45, 2.75) is 27.7 Å². The molecule has 416 valence electrons. The van der Waals surface area contributed by atoms with Crippen LogP contribution in [-0.2, 0) is 21.7 Å². The Kier molecular flexibility index (Phi) is 19.9. The van der Waals surface area contributed by atoms with Crippen molar-refractivity contribution < 1.29 is 58.9 Å². The van der Waals surface area contributed by atoms with Crippen LogP contribution < -0.4 is 58.0 Å². The van der Waals surface area contributed by atoms with Crippen LogP contribution in [0.4, 0.5) is 0 Å². The largest absolute Gasteiger partial charge is 4.00 e. The third-order valence-electron chi connectivity index (χ3n) is 17.2. The molecule has 86 heavy (non-hydrogen) atoms. The summed E-state index contributed by atoms with van der Waals surface area (Å²) in [7, 11) is -3.76. The van der Waals surface area contributed by atoms with Crippen LogP contribution in [-0.4, -0.2) is 8.07 Å². The van der Waals surface area contributed by atoms with E-state index in [2.05, 4.69) is 337 Å². The van der Waals surface area contributed by atoms with Gasteiger partial charge in [-0.3, -0.25) is 0 Å². The Hall–Kier alpha value is -8.21. The first-order valence-corrected chi connectivity index (χ1v) is 30.7. The molecular weight excluding hydrogens is 1160 g/mol. The van der Waals surface area contributed by atoms with Crippen molar-refractivity contribution >= 4 is 28.8 Å². The topological polar surface area (TPSA) is 0 Å². The molecule has 5 heteroatoms. The summed E-state index contributed by atoms with van der Waals surface area (Å²) in [5.74, 6) is 0. The first-order chi connectivity index (χ1) is 40.4. The Morgan fingerprint density at radius 1 is 0.244 bits per heavy atom. The Morgan fingerprint density at radius 3 is 0.581 bits per heavy atom. The van der Waals surface area contributed by atoms with Crippen LogP contribution >= 0.6 is 0 Å². The minimum Gasteiger partial charge on any atom is -1.00 e. The standard InChI is InChI=1S/C81H63Si.3ClH.Ti/c1-56-57(2)59(4)81(58(56)3)82(69-50-72(60-32-14-5-15-33-60)78(66-44-26-11-27-45-66)73(51-69)61-34-16-6-17-35-61,70-52-74(62-36-18-7-19-37-62)79(67-46-28-12-29-47-67)75(53-70)63-38-20-8-21-39-63)71-54-76(64-40-22-9-23-41-64)80(68-48-30-13-31-49-68)77(55-71)65-42-24-10-25-43-65;;;;/h5-55H,1-4H3;3*1H;/q-1;;;;+4/p-3. The van der Waals surface area contributed by atoms with E-state index in [-0.39, 0.29) is 58.9 Å². The third kappa shape index (κ3) is 11.5. The molecule has 0 fully saturated rings. The summed E-state index contributed by atoms with van der Waals surface area (Å²) in [5.41, 5.74) is 26.9. The zero-order chi connectivity index (χ0) is 55.6. The summed E-state index contributed by atoms with van der Waals surface area (Å²) in [4.78, 5) is 0. The summed E-state index contributed by atoms with van der Waals surface area (Å²) >= 11 is 0. The van der Waals surface area contributed by atoms with Gasteiger partial charge in [0.15, 0.2) is 8.07 Å². The van der Waals surface area contributed by atoms with Crippen molar-refractivity contribution in [1.82, 2.24) is 0 Å². The molecule has 0 aromatic heterocycles. The van der Waals surface area contributed by atoms with E-state index < -0.39 is 8.07 Å². The van der Waals surface area contributed by atoms with Crippen LogP contribution in [0.15, 0.2) is 309 Å². The smallest absolute Gasteiger partial charge is 1.00 e. The van der Waals surface area contributed by atoms with Gasteiger partial charge in [-0.05, 0) is 116 Å². The van der Waals surface area contributed by atoms with Crippen molar-refractivity contribution in [1.29, 1.82) is 0 Å². The fourth-order valence-electron chi connectivity index (χ4n) is 13.1. The molecule has 0 heterocycles. The van der Waals surface area contributed by atoms with Crippen molar-refractivity contribution in [2.75, 3.05) is 0 Å². The first kappa shape index (κ1) is 62.3. The molecule has 13 aromatic carbocycles.